The molecule has 0 spiro atoms. The number of alkyl halides is 2. The van der Waals surface area contributed by atoms with Gasteiger partial charge in [0.05, 0.1) is 0 Å². The molecule has 0 radical (unpaired) electrons. The van der Waals surface area contributed by atoms with Crippen LogP contribution in [0.15, 0.2) is 0 Å². The van der Waals surface area contributed by atoms with Crippen molar-refractivity contribution in [1.82, 2.24) is 5.32 Å². The van der Waals surface area contributed by atoms with Crippen molar-refractivity contribution in [3.63, 3.8) is 0 Å². The fraction of sp³-hybridized carbons (Fsp3) is 0.889. The minimum atomic E-state index is -2.80. The monoisotopic (exact) mass is 209 g/mol. The molecule has 2 N–H and O–H groups in total. The maximum absolute atomic E-state index is 11.8. The lowest BCUT2D eigenvalue weighted by atomic mass is 10.2. The van der Waals surface area contributed by atoms with Gasteiger partial charge in [-0.25, -0.2) is 8.78 Å². The van der Waals surface area contributed by atoms with Crippen LogP contribution in [0.1, 0.15) is 32.6 Å². The predicted octanol–water partition coefficient (Wildman–Crippen LogP) is 1.31. The summed E-state index contributed by atoms with van der Waals surface area (Å²) in [6, 6.07) is 0. The third-order valence-corrected chi connectivity index (χ3v) is 1.81. The molecular weight excluding hydrogens is 192 g/mol. The number of aliphatic hydroxyl groups is 1. The molecule has 0 bridgehead atoms. The fourth-order valence-corrected chi connectivity index (χ4v) is 0.931. The van der Waals surface area contributed by atoms with Gasteiger partial charge in [0.25, 0.3) is 6.43 Å². The lowest BCUT2D eigenvalue weighted by molar-refractivity contribution is -0.122. The first-order valence-electron chi connectivity index (χ1n) is 4.80. The largest absolute Gasteiger partial charge is 0.385 e. The predicted molar refractivity (Wildman–Crippen MR) is 49.2 cm³/mol. The summed E-state index contributed by atoms with van der Waals surface area (Å²) in [5, 5.41) is 10.9. The van der Waals surface area contributed by atoms with Crippen molar-refractivity contribution < 1.29 is 18.7 Å². The summed E-state index contributed by atoms with van der Waals surface area (Å²) < 4.78 is 23.6. The van der Waals surface area contributed by atoms with E-state index in [0.29, 0.717) is 6.42 Å². The molecule has 0 rings (SSSR count). The van der Waals surface area contributed by atoms with Crippen LogP contribution in [0.3, 0.4) is 0 Å². The number of amides is 1. The summed E-state index contributed by atoms with van der Waals surface area (Å²) in [5.41, 5.74) is 0. The van der Waals surface area contributed by atoms with Gasteiger partial charge in [0.15, 0.2) is 0 Å². The van der Waals surface area contributed by atoms with Crippen molar-refractivity contribution >= 4 is 5.91 Å². The summed E-state index contributed by atoms with van der Waals surface area (Å²) in [6.45, 7) is 1.64. The van der Waals surface area contributed by atoms with E-state index >= 15 is 0 Å². The molecule has 14 heavy (non-hydrogen) atoms. The van der Waals surface area contributed by atoms with Crippen LogP contribution in [0, 0.1) is 0 Å². The summed E-state index contributed by atoms with van der Waals surface area (Å²) in [6.07, 6.45) is -1.51. The van der Waals surface area contributed by atoms with Crippen molar-refractivity contribution in [2.75, 3.05) is 6.54 Å². The first kappa shape index (κ1) is 13.3. The first-order chi connectivity index (χ1) is 6.57. The molecule has 0 saturated carbocycles. The van der Waals surface area contributed by atoms with Gasteiger partial charge < -0.3 is 10.4 Å². The number of hydrogen-bond acceptors (Lipinski definition) is 2. The molecule has 0 aromatic rings. The Morgan fingerprint density at radius 2 is 2.07 bits per heavy atom. The highest BCUT2D eigenvalue weighted by atomic mass is 19.3. The number of carbonyl (C=O) groups is 1. The molecule has 0 aliphatic rings. The molecule has 0 aliphatic heterocycles. The molecular formula is C9H17F2NO2. The molecule has 0 aliphatic carbocycles. The Balaban J connectivity index is 3.44. The number of unbranched alkanes of at least 4 members (excludes halogenated alkanes) is 2. The van der Waals surface area contributed by atoms with E-state index in [1.165, 1.54) is 0 Å². The highest BCUT2D eigenvalue weighted by molar-refractivity contribution is 5.75. The lowest BCUT2D eigenvalue weighted by Gasteiger charge is -2.10. The van der Waals surface area contributed by atoms with Crippen LogP contribution >= 0.6 is 0 Å². The molecule has 84 valence electrons. The van der Waals surface area contributed by atoms with E-state index in [2.05, 4.69) is 5.32 Å². The molecule has 1 unspecified atom stereocenters. The molecule has 0 fully saturated rings. The Kier molecular flexibility index (Phi) is 7.28. The van der Waals surface area contributed by atoms with E-state index in [-0.39, 0.29) is 12.5 Å². The van der Waals surface area contributed by atoms with Gasteiger partial charge in [0.2, 0.25) is 5.91 Å². The van der Waals surface area contributed by atoms with Crippen molar-refractivity contribution in [2.45, 2.75) is 45.1 Å². The molecule has 0 aromatic carbocycles. The van der Waals surface area contributed by atoms with E-state index in [0.717, 1.165) is 19.3 Å². The molecule has 3 nitrogen and oxygen atoms in total. The second-order valence-electron chi connectivity index (χ2n) is 3.16. The van der Waals surface area contributed by atoms with Crippen LogP contribution < -0.4 is 5.32 Å². The van der Waals surface area contributed by atoms with Crippen LogP contribution in [0.25, 0.3) is 0 Å². The number of carbonyl (C=O) groups excluding carboxylic acids is 1. The zero-order valence-corrected chi connectivity index (χ0v) is 8.30. The minimum absolute atomic E-state index is 0.279. The van der Waals surface area contributed by atoms with Gasteiger partial charge in [-0.1, -0.05) is 19.8 Å². The normalized spacial score (nSPS) is 12.9. The smallest absolute Gasteiger partial charge is 0.265 e. The third kappa shape index (κ3) is 6.77. The number of hydrogen-bond donors (Lipinski definition) is 2. The number of aliphatic hydroxyl groups excluding tert-OH is 1. The molecule has 0 aromatic heterocycles. The van der Waals surface area contributed by atoms with Gasteiger partial charge in [0.1, 0.15) is 6.10 Å². The van der Waals surface area contributed by atoms with Crippen LogP contribution in [0.2, 0.25) is 0 Å². The van der Waals surface area contributed by atoms with E-state index in [1.807, 2.05) is 6.92 Å². The minimum Gasteiger partial charge on any atom is -0.385 e. The van der Waals surface area contributed by atoms with Crippen LogP contribution in [-0.2, 0) is 4.79 Å². The summed E-state index contributed by atoms with van der Waals surface area (Å²) in [4.78, 5) is 11.0. The zero-order valence-electron chi connectivity index (χ0n) is 8.30. The first-order valence-corrected chi connectivity index (χ1v) is 4.80. The molecule has 1 atom stereocenters. The standard InChI is InChI=1S/C9H17F2NO2/c1-2-3-4-5-8(14)12-6-7(13)9(10)11/h7,9,13H,2-6H2,1H3,(H,12,14). The van der Waals surface area contributed by atoms with Gasteiger partial charge in [-0.05, 0) is 6.42 Å². The van der Waals surface area contributed by atoms with Gasteiger partial charge in [-0.2, -0.15) is 0 Å². The Labute approximate surface area is 82.5 Å². The zero-order chi connectivity index (χ0) is 11.0. The summed E-state index contributed by atoms with van der Waals surface area (Å²) in [5.74, 6) is -0.279. The van der Waals surface area contributed by atoms with E-state index in [9.17, 15) is 13.6 Å². The van der Waals surface area contributed by atoms with Gasteiger partial charge >= 0.3 is 0 Å². The molecule has 0 saturated heterocycles. The quantitative estimate of drug-likeness (QED) is 0.621. The fourth-order valence-electron chi connectivity index (χ4n) is 0.931. The lowest BCUT2D eigenvalue weighted by Crippen LogP contribution is -2.35. The average Bonchev–Trinajstić information content (AvgIpc) is 2.14. The number of halogens is 2. The Hall–Kier alpha value is -0.710. The van der Waals surface area contributed by atoms with Crippen LogP contribution in [-0.4, -0.2) is 30.1 Å². The maximum atomic E-state index is 11.8. The van der Waals surface area contributed by atoms with Crippen molar-refractivity contribution in [3.05, 3.63) is 0 Å². The number of rotatable bonds is 7. The topological polar surface area (TPSA) is 49.3 Å². The van der Waals surface area contributed by atoms with E-state index in [4.69, 9.17) is 5.11 Å². The van der Waals surface area contributed by atoms with E-state index < -0.39 is 12.5 Å². The Morgan fingerprint density at radius 3 is 2.57 bits per heavy atom. The number of nitrogens with one attached hydrogen (secondary N) is 1. The Bertz CT molecular complexity index is 165. The molecule has 0 heterocycles. The van der Waals surface area contributed by atoms with Gasteiger partial charge in [-0.3, -0.25) is 4.79 Å². The Morgan fingerprint density at radius 1 is 1.43 bits per heavy atom. The average molecular weight is 209 g/mol. The van der Waals surface area contributed by atoms with Gasteiger partial charge in [-0.15, -0.1) is 0 Å². The van der Waals surface area contributed by atoms with Crippen LogP contribution in [0.5, 0.6) is 0 Å². The second-order valence-corrected chi connectivity index (χ2v) is 3.16. The van der Waals surface area contributed by atoms with Crippen molar-refractivity contribution in [2.24, 2.45) is 0 Å². The highest BCUT2D eigenvalue weighted by Gasteiger charge is 2.16. The van der Waals surface area contributed by atoms with Gasteiger partial charge in [0, 0.05) is 13.0 Å². The third-order valence-electron chi connectivity index (χ3n) is 1.81. The van der Waals surface area contributed by atoms with Crippen LogP contribution in [0.4, 0.5) is 8.78 Å². The SMILES string of the molecule is CCCCCC(=O)NCC(O)C(F)F. The van der Waals surface area contributed by atoms with Crippen molar-refractivity contribution in [3.8, 4) is 0 Å². The summed E-state index contributed by atoms with van der Waals surface area (Å²) >= 11 is 0. The van der Waals surface area contributed by atoms with Crippen molar-refractivity contribution in [1.29, 1.82) is 0 Å². The second kappa shape index (κ2) is 7.67. The van der Waals surface area contributed by atoms with E-state index in [1.54, 1.807) is 0 Å². The highest BCUT2D eigenvalue weighted by Crippen LogP contribution is 2.00. The maximum Gasteiger partial charge on any atom is 0.265 e. The molecule has 5 heteroatoms. The summed E-state index contributed by atoms with van der Waals surface area (Å²) in [7, 11) is 0. The molecule has 1 amide bonds.